The molecular weight excluding hydrogens is 318 g/mol. The number of sulfonamides is 1. The molecule has 2 N–H and O–H groups in total. The topological polar surface area (TPSA) is 71.1 Å². The summed E-state index contributed by atoms with van der Waals surface area (Å²) in [4.78, 5) is 4.07. The van der Waals surface area contributed by atoms with E-state index < -0.39 is 10.0 Å². The number of thiophene rings is 1. The van der Waals surface area contributed by atoms with Gasteiger partial charge >= 0.3 is 0 Å². The third-order valence-corrected chi connectivity index (χ3v) is 5.47. The average Bonchev–Trinajstić information content (AvgIpc) is 2.85. The maximum Gasteiger partial charge on any atom is 0.272 e. The van der Waals surface area contributed by atoms with Crippen molar-refractivity contribution in [1.82, 2.24) is 4.98 Å². The van der Waals surface area contributed by atoms with E-state index in [4.69, 9.17) is 11.6 Å². The number of nitrogens with one attached hydrogen (secondary N) is 2. The van der Waals surface area contributed by atoms with Crippen LogP contribution >= 0.6 is 22.9 Å². The molecule has 2 aromatic rings. The van der Waals surface area contributed by atoms with Gasteiger partial charge in [0.05, 0.1) is 16.2 Å². The van der Waals surface area contributed by atoms with Gasteiger partial charge in [0.15, 0.2) is 0 Å². The fourth-order valence-electron chi connectivity index (χ4n) is 1.46. The summed E-state index contributed by atoms with van der Waals surface area (Å²) in [5.74, 6) is 0.275. The molecule has 5 nitrogen and oxygen atoms in total. The molecule has 20 heavy (non-hydrogen) atoms. The molecule has 0 bridgehead atoms. The molecule has 0 aliphatic heterocycles. The molecule has 0 fully saturated rings. The lowest BCUT2D eigenvalue weighted by molar-refractivity contribution is 0.603. The van der Waals surface area contributed by atoms with Crippen LogP contribution in [0.4, 0.5) is 11.5 Å². The van der Waals surface area contributed by atoms with Crippen molar-refractivity contribution in [3.8, 4) is 0 Å². The summed E-state index contributed by atoms with van der Waals surface area (Å²) in [5.41, 5.74) is 0.856. The molecule has 2 aromatic heterocycles. The van der Waals surface area contributed by atoms with Gasteiger partial charge in [0.2, 0.25) is 0 Å². The molecule has 0 aromatic carbocycles. The first-order valence-corrected chi connectivity index (χ1v) is 8.67. The summed E-state index contributed by atoms with van der Waals surface area (Å²) in [5, 5.41) is 3.16. The molecule has 0 amide bonds. The standard InChI is InChI=1S/C12H14ClN3O2S2/c1-2-7-14-9-3-5-11(15-8-9)16-20(17,18)12-6-4-10(13)19-12/h3-6,8,14H,2,7H2,1H3,(H,15,16). The van der Waals surface area contributed by atoms with Crippen LogP contribution in [0.25, 0.3) is 0 Å². The molecule has 0 spiro atoms. The summed E-state index contributed by atoms with van der Waals surface area (Å²) in [7, 11) is -3.62. The third-order valence-electron chi connectivity index (χ3n) is 2.39. The zero-order valence-electron chi connectivity index (χ0n) is 10.8. The van der Waals surface area contributed by atoms with E-state index in [2.05, 4.69) is 21.9 Å². The third kappa shape index (κ3) is 3.84. The second-order valence-electron chi connectivity index (χ2n) is 4.02. The first kappa shape index (κ1) is 15.1. The Labute approximate surface area is 127 Å². The van der Waals surface area contributed by atoms with Crippen molar-refractivity contribution in [3.63, 3.8) is 0 Å². The monoisotopic (exact) mass is 331 g/mol. The number of nitrogens with zero attached hydrogens (tertiary/aromatic N) is 1. The minimum atomic E-state index is -3.62. The Morgan fingerprint density at radius 3 is 2.65 bits per heavy atom. The molecule has 0 atom stereocenters. The first-order chi connectivity index (χ1) is 9.51. The molecule has 0 aliphatic rings. The number of hydrogen-bond donors (Lipinski definition) is 2. The maximum atomic E-state index is 12.1. The highest BCUT2D eigenvalue weighted by atomic mass is 35.5. The van der Waals surface area contributed by atoms with Crippen LogP contribution in [0.2, 0.25) is 4.34 Å². The number of rotatable bonds is 6. The predicted octanol–water partition coefficient (Wildman–Crippen LogP) is 3.42. The normalized spacial score (nSPS) is 11.3. The summed E-state index contributed by atoms with van der Waals surface area (Å²) < 4.78 is 27.1. The average molecular weight is 332 g/mol. The van der Waals surface area contributed by atoms with Gasteiger partial charge in [-0.2, -0.15) is 0 Å². The van der Waals surface area contributed by atoms with E-state index in [-0.39, 0.29) is 10.0 Å². The van der Waals surface area contributed by atoms with Gasteiger partial charge in [-0.15, -0.1) is 11.3 Å². The van der Waals surface area contributed by atoms with E-state index in [1.54, 1.807) is 24.4 Å². The van der Waals surface area contributed by atoms with Crippen LogP contribution in [-0.4, -0.2) is 19.9 Å². The Bertz CT molecular complexity index is 668. The van der Waals surface area contributed by atoms with Gasteiger partial charge in [0, 0.05) is 6.54 Å². The summed E-state index contributed by atoms with van der Waals surface area (Å²) in [6, 6.07) is 6.41. The van der Waals surface area contributed by atoms with Crippen molar-refractivity contribution in [2.75, 3.05) is 16.6 Å². The van der Waals surface area contributed by atoms with Gasteiger partial charge in [-0.05, 0) is 30.7 Å². The van der Waals surface area contributed by atoms with Gasteiger partial charge in [0.1, 0.15) is 10.0 Å². The van der Waals surface area contributed by atoms with Crippen molar-refractivity contribution < 1.29 is 8.42 Å². The quantitative estimate of drug-likeness (QED) is 0.850. The zero-order chi connectivity index (χ0) is 14.6. The van der Waals surface area contributed by atoms with Crippen LogP contribution in [0.15, 0.2) is 34.7 Å². The van der Waals surface area contributed by atoms with E-state index in [1.807, 2.05) is 0 Å². The molecule has 2 rings (SSSR count). The van der Waals surface area contributed by atoms with E-state index in [0.29, 0.717) is 4.34 Å². The minimum Gasteiger partial charge on any atom is -0.384 e. The van der Waals surface area contributed by atoms with Gasteiger partial charge in [0.25, 0.3) is 10.0 Å². The predicted molar refractivity (Wildman–Crippen MR) is 83.2 cm³/mol. The van der Waals surface area contributed by atoms with Gasteiger partial charge in [-0.3, -0.25) is 4.72 Å². The lowest BCUT2D eigenvalue weighted by atomic mass is 10.4. The Morgan fingerprint density at radius 2 is 2.10 bits per heavy atom. The van der Waals surface area contributed by atoms with E-state index in [1.165, 1.54) is 6.07 Å². The fourth-order valence-corrected chi connectivity index (χ4v) is 3.95. The highest BCUT2D eigenvalue weighted by Crippen LogP contribution is 2.26. The molecule has 2 heterocycles. The van der Waals surface area contributed by atoms with Crippen molar-refractivity contribution in [2.24, 2.45) is 0 Å². The Morgan fingerprint density at radius 1 is 1.30 bits per heavy atom. The Balaban J connectivity index is 2.09. The number of pyridine rings is 1. The smallest absolute Gasteiger partial charge is 0.272 e. The molecule has 0 unspecified atom stereocenters. The summed E-state index contributed by atoms with van der Waals surface area (Å²) in [6.07, 6.45) is 2.60. The van der Waals surface area contributed by atoms with Crippen LogP contribution in [0, 0.1) is 0 Å². The molecule has 0 saturated carbocycles. The lowest BCUT2D eigenvalue weighted by Gasteiger charge is -2.07. The van der Waals surface area contributed by atoms with Crippen molar-refractivity contribution in [1.29, 1.82) is 0 Å². The molecular formula is C12H14ClN3O2S2. The van der Waals surface area contributed by atoms with Crippen LogP contribution < -0.4 is 10.0 Å². The van der Waals surface area contributed by atoms with Gasteiger partial charge < -0.3 is 5.32 Å². The summed E-state index contributed by atoms with van der Waals surface area (Å²) in [6.45, 7) is 2.91. The SMILES string of the molecule is CCCNc1ccc(NS(=O)(=O)c2ccc(Cl)s2)nc1. The van der Waals surface area contributed by atoms with Crippen molar-refractivity contribution in [3.05, 3.63) is 34.8 Å². The molecule has 8 heteroatoms. The van der Waals surface area contributed by atoms with Crippen LogP contribution in [0.3, 0.4) is 0 Å². The molecule has 0 saturated heterocycles. The second-order valence-corrected chi connectivity index (χ2v) is 7.65. The van der Waals surface area contributed by atoms with Crippen LogP contribution in [0.5, 0.6) is 0 Å². The summed E-state index contributed by atoms with van der Waals surface area (Å²) >= 11 is 6.74. The van der Waals surface area contributed by atoms with Crippen molar-refractivity contribution >= 4 is 44.5 Å². The molecule has 0 radical (unpaired) electrons. The molecule has 0 aliphatic carbocycles. The second kappa shape index (κ2) is 6.43. The Kier molecular flexibility index (Phi) is 4.85. The van der Waals surface area contributed by atoms with Gasteiger partial charge in [-0.1, -0.05) is 18.5 Å². The largest absolute Gasteiger partial charge is 0.384 e. The lowest BCUT2D eigenvalue weighted by Crippen LogP contribution is -2.12. The molecule has 108 valence electrons. The van der Waals surface area contributed by atoms with E-state index in [9.17, 15) is 8.42 Å². The number of aromatic nitrogens is 1. The van der Waals surface area contributed by atoms with Crippen molar-refractivity contribution in [2.45, 2.75) is 17.6 Å². The first-order valence-electron chi connectivity index (χ1n) is 5.99. The highest BCUT2D eigenvalue weighted by molar-refractivity contribution is 7.94. The minimum absolute atomic E-state index is 0.164. The maximum absolute atomic E-state index is 12.1. The number of anilines is 2. The highest BCUT2D eigenvalue weighted by Gasteiger charge is 2.17. The van der Waals surface area contributed by atoms with E-state index in [0.717, 1.165) is 30.0 Å². The Hall–Kier alpha value is -1.31. The number of hydrogen-bond acceptors (Lipinski definition) is 5. The van der Waals surface area contributed by atoms with E-state index >= 15 is 0 Å². The zero-order valence-corrected chi connectivity index (χ0v) is 13.1. The fraction of sp³-hybridized carbons (Fsp3) is 0.250. The number of halogens is 1. The van der Waals surface area contributed by atoms with Crippen LogP contribution in [0.1, 0.15) is 13.3 Å². The van der Waals surface area contributed by atoms with Gasteiger partial charge in [-0.25, -0.2) is 13.4 Å². The van der Waals surface area contributed by atoms with Crippen LogP contribution in [-0.2, 0) is 10.0 Å².